The molecule has 0 radical (unpaired) electrons. The minimum Gasteiger partial charge on any atom is -0.0619 e. The fraction of sp³-hybridized carbons (Fsp3) is 0.200. The number of hydrogen-bond acceptors (Lipinski definition) is 0. The lowest BCUT2D eigenvalue weighted by atomic mass is 9.78. The molecule has 7 rings (SSSR count). The first-order valence-corrected chi connectivity index (χ1v) is 12.7. The maximum absolute atomic E-state index is 2.47. The summed E-state index contributed by atoms with van der Waals surface area (Å²) in [6, 6.07) is 34.4. The lowest BCUT2D eigenvalue weighted by molar-refractivity contribution is 0.596. The van der Waals surface area contributed by atoms with Crippen molar-refractivity contribution in [1.29, 1.82) is 0 Å². The minimum absolute atomic E-state index is 0.000108. The van der Waals surface area contributed by atoms with E-state index in [-0.39, 0.29) is 10.8 Å². The Bertz CT molecular complexity index is 1660. The molecule has 0 saturated heterocycles. The average Bonchev–Trinajstić information content (AvgIpc) is 3.29. The number of rotatable bonds is 1. The lowest BCUT2D eigenvalue weighted by Crippen LogP contribution is -2.15. The molecule has 2 aliphatic carbocycles. The second kappa shape index (κ2) is 6.73. The molecule has 0 nitrogen and oxygen atoms in total. The van der Waals surface area contributed by atoms with E-state index in [0.717, 1.165) is 0 Å². The van der Waals surface area contributed by atoms with Gasteiger partial charge >= 0.3 is 0 Å². The fourth-order valence-corrected chi connectivity index (χ4v) is 6.63. The predicted octanol–water partition coefficient (Wildman–Crippen LogP) is 9.76. The summed E-state index contributed by atoms with van der Waals surface area (Å²) in [5.41, 5.74) is 15.2. The standard InChI is InChI=1S/C35H30/c1-34(2,3)30-19-18-28-24-11-7-6-10-23(24)27-17-16-22(33(30)32(27)28)21-14-15-26-25-12-8-9-13-29(25)35(4,5)31(26)20-21/h6-20H,1-5H3. The summed E-state index contributed by atoms with van der Waals surface area (Å²) in [6.07, 6.45) is 0. The Labute approximate surface area is 208 Å². The second-order valence-corrected chi connectivity index (χ2v) is 11.8. The highest BCUT2D eigenvalue weighted by Crippen LogP contribution is 2.53. The summed E-state index contributed by atoms with van der Waals surface area (Å²) < 4.78 is 0. The Morgan fingerprint density at radius 2 is 1.03 bits per heavy atom. The van der Waals surface area contributed by atoms with Crippen molar-refractivity contribution in [3.8, 4) is 44.5 Å². The van der Waals surface area contributed by atoms with Crippen LogP contribution < -0.4 is 0 Å². The van der Waals surface area contributed by atoms with Gasteiger partial charge in [-0.25, -0.2) is 0 Å². The van der Waals surface area contributed by atoms with Gasteiger partial charge in [-0.1, -0.05) is 120 Å². The topological polar surface area (TPSA) is 0 Å². The van der Waals surface area contributed by atoms with Gasteiger partial charge in [0.25, 0.3) is 0 Å². The molecular weight excluding hydrogens is 420 g/mol. The van der Waals surface area contributed by atoms with Crippen LogP contribution in [-0.4, -0.2) is 0 Å². The zero-order valence-electron chi connectivity index (χ0n) is 21.2. The molecule has 35 heavy (non-hydrogen) atoms. The van der Waals surface area contributed by atoms with Crippen molar-refractivity contribution in [3.63, 3.8) is 0 Å². The normalized spacial score (nSPS) is 14.7. The molecular formula is C35H30. The van der Waals surface area contributed by atoms with Gasteiger partial charge in [0.05, 0.1) is 0 Å². The maximum atomic E-state index is 2.47. The van der Waals surface area contributed by atoms with Crippen LogP contribution in [-0.2, 0) is 10.8 Å². The maximum Gasteiger partial charge on any atom is 0.0159 e. The molecule has 5 aromatic carbocycles. The molecule has 0 aromatic heterocycles. The molecule has 0 fully saturated rings. The van der Waals surface area contributed by atoms with Gasteiger partial charge in [-0.3, -0.25) is 0 Å². The van der Waals surface area contributed by atoms with Crippen molar-refractivity contribution in [2.75, 3.05) is 0 Å². The fourth-order valence-electron chi connectivity index (χ4n) is 6.63. The van der Waals surface area contributed by atoms with Gasteiger partial charge in [0.15, 0.2) is 0 Å². The second-order valence-electron chi connectivity index (χ2n) is 11.8. The van der Waals surface area contributed by atoms with Crippen LogP contribution in [0.4, 0.5) is 0 Å². The van der Waals surface area contributed by atoms with E-state index in [2.05, 4.69) is 126 Å². The van der Waals surface area contributed by atoms with Crippen molar-refractivity contribution < 1.29 is 0 Å². The van der Waals surface area contributed by atoms with E-state index >= 15 is 0 Å². The molecule has 0 amide bonds. The molecule has 0 unspecified atom stereocenters. The molecule has 0 saturated carbocycles. The third-order valence-corrected chi connectivity index (χ3v) is 8.37. The third kappa shape index (κ3) is 2.69. The van der Waals surface area contributed by atoms with Crippen LogP contribution in [0.25, 0.3) is 55.3 Å². The zero-order chi connectivity index (χ0) is 24.1. The molecule has 2 aliphatic rings. The number of fused-ring (bicyclic) bond motifs is 6. The quantitative estimate of drug-likeness (QED) is 0.234. The van der Waals surface area contributed by atoms with Crippen molar-refractivity contribution in [3.05, 3.63) is 108 Å². The summed E-state index contributed by atoms with van der Waals surface area (Å²) in [5.74, 6) is 0. The van der Waals surface area contributed by atoms with Crippen molar-refractivity contribution >= 4 is 10.8 Å². The molecule has 0 aliphatic heterocycles. The van der Waals surface area contributed by atoms with Crippen LogP contribution in [0.1, 0.15) is 51.3 Å². The van der Waals surface area contributed by atoms with E-state index in [0.29, 0.717) is 0 Å². The Hall–Kier alpha value is -3.64. The van der Waals surface area contributed by atoms with Crippen LogP contribution in [0.15, 0.2) is 91.0 Å². The van der Waals surface area contributed by atoms with Gasteiger partial charge in [-0.2, -0.15) is 0 Å². The van der Waals surface area contributed by atoms with Crippen LogP contribution in [0.5, 0.6) is 0 Å². The minimum atomic E-state index is -0.000108. The highest BCUT2D eigenvalue weighted by Gasteiger charge is 2.35. The van der Waals surface area contributed by atoms with Crippen molar-refractivity contribution in [1.82, 2.24) is 0 Å². The lowest BCUT2D eigenvalue weighted by Gasteiger charge is -2.25. The summed E-state index contributed by atoms with van der Waals surface area (Å²) in [7, 11) is 0. The summed E-state index contributed by atoms with van der Waals surface area (Å²) in [5, 5.41) is 2.83. The molecule has 170 valence electrons. The molecule has 0 N–H and O–H groups in total. The van der Waals surface area contributed by atoms with Crippen LogP contribution in [0.3, 0.4) is 0 Å². The highest BCUT2D eigenvalue weighted by atomic mass is 14.4. The van der Waals surface area contributed by atoms with Gasteiger partial charge in [0.2, 0.25) is 0 Å². The van der Waals surface area contributed by atoms with Gasteiger partial charge in [-0.15, -0.1) is 0 Å². The van der Waals surface area contributed by atoms with E-state index in [1.807, 2.05) is 0 Å². The van der Waals surface area contributed by atoms with Crippen LogP contribution in [0, 0.1) is 0 Å². The Balaban J connectivity index is 1.54. The molecule has 0 heteroatoms. The van der Waals surface area contributed by atoms with Crippen LogP contribution in [0.2, 0.25) is 0 Å². The molecule has 5 aromatic rings. The monoisotopic (exact) mass is 450 g/mol. The summed E-state index contributed by atoms with van der Waals surface area (Å²) in [6.45, 7) is 11.8. The van der Waals surface area contributed by atoms with E-state index in [1.54, 1.807) is 0 Å². The first-order valence-electron chi connectivity index (χ1n) is 12.7. The molecule has 0 spiro atoms. The molecule has 0 heterocycles. The van der Waals surface area contributed by atoms with Crippen molar-refractivity contribution in [2.45, 2.75) is 45.4 Å². The predicted molar refractivity (Wildman–Crippen MR) is 150 cm³/mol. The summed E-state index contributed by atoms with van der Waals surface area (Å²) in [4.78, 5) is 0. The van der Waals surface area contributed by atoms with E-state index < -0.39 is 0 Å². The smallest absolute Gasteiger partial charge is 0.0159 e. The van der Waals surface area contributed by atoms with E-state index in [9.17, 15) is 0 Å². The number of hydrogen-bond donors (Lipinski definition) is 0. The Morgan fingerprint density at radius 1 is 0.486 bits per heavy atom. The number of benzene rings is 5. The third-order valence-electron chi connectivity index (χ3n) is 8.37. The zero-order valence-corrected chi connectivity index (χ0v) is 21.2. The van der Waals surface area contributed by atoms with Gasteiger partial charge < -0.3 is 0 Å². The largest absolute Gasteiger partial charge is 0.0619 e. The Morgan fingerprint density at radius 3 is 1.71 bits per heavy atom. The van der Waals surface area contributed by atoms with E-state index in [1.165, 1.54) is 72.0 Å². The van der Waals surface area contributed by atoms with Gasteiger partial charge in [-0.05, 0) is 83.5 Å². The SMILES string of the molecule is CC(C)(C)c1ccc2c3c(ccc(-c4ccc5c(c4)C(C)(C)c4ccccc4-5)c13)-c1ccccc1-2. The summed E-state index contributed by atoms with van der Waals surface area (Å²) >= 11 is 0. The first kappa shape index (κ1) is 20.7. The average molecular weight is 451 g/mol. The van der Waals surface area contributed by atoms with Gasteiger partial charge in [0.1, 0.15) is 0 Å². The van der Waals surface area contributed by atoms with Crippen LogP contribution >= 0.6 is 0 Å². The molecule has 0 bridgehead atoms. The highest BCUT2D eigenvalue weighted by molar-refractivity contribution is 6.20. The first-order chi connectivity index (χ1) is 16.8. The van der Waals surface area contributed by atoms with Gasteiger partial charge in [0, 0.05) is 5.41 Å². The molecule has 0 atom stereocenters. The van der Waals surface area contributed by atoms with E-state index in [4.69, 9.17) is 0 Å². The van der Waals surface area contributed by atoms with Crippen molar-refractivity contribution in [2.24, 2.45) is 0 Å². The Kier molecular flexibility index (Phi) is 3.98.